The Morgan fingerprint density at radius 1 is 1.08 bits per heavy atom. The number of halogens is 1. The fraction of sp³-hybridized carbons (Fsp3) is 0.192. The zero-order valence-electron chi connectivity index (χ0n) is 20.3. The van der Waals surface area contributed by atoms with Gasteiger partial charge in [0.15, 0.2) is 0 Å². The van der Waals surface area contributed by atoms with Gasteiger partial charge in [0.2, 0.25) is 11.8 Å². The first kappa shape index (κ1) is 27.0. The van der Waals surface area contributed by atoms with Gasteiger partial charge in [-0.2, -0.15) is 16.7 Å². The van der Waals surface area contributed by atoms with E-state index in [1.807, 2.05) is 6.07 Å². The lowest BCUT2D eigenvalue weighted by atomic mass is 10.2. The second-order valence-electron chi connectivity index (χ2n) is 8.20. The van der Waals surface area contributed by atoms with E-state index in [1.54, 1.807) is 73.1 Å². The molecule has 2 heterocycles. The Morgan fingerprint density at radius 2 is 1.82 bits per heavy atom. The first-order chi connectivity index (χ1) is 18.3. The van der Waals surface area contributed by atoms with Crippen LogP contribution in [0, 0.1) is 0 Å². The molecule has 4 aromatic rings. The van der Waals surface area contributed by atoms with Gasteiger partial charge in [-0.3, -0.25) is 9.36 Å². The lowest BCUT2D eigenvalue weighted by molar-refractivity contribution is -0.137. The Bertz CT molecular complexity index is 1510. The molecule has 10 nitrogen and oxygen atoms in total. The van der Waals surface area contributed by atoms with Crippen molar-refractivity contribution in [1.82, 2.24) is 19.1 Å². The maximum atomic E-state index is 13.5. The first-order valence-corrected chi connectivity index (χ1v) is 13.2. The minimum absolute atomic E-state index is 0.0449. The molecule has 2 aromatic carbocycles. The van der Waals surface area contributed by atoms with Crippen molar-refractivity contribution in [2.24, 2.45) is 0 Å². The van der Waals surface area contributed by atoms with Gasteiger partial charge >= 0.3 is 17.3 Å². The van der Waals surface area contributed by atoms with Crippen LogP contribution in [0.25, 0.3) is 0 Å². The highest BCUT2D eigenvalue weighted by molar-refractivity contribution is 7.99. The van der Waals surface area contributed by atoms with Crippen LogP contribution in [-0.4, -0.2) is 41.7 Å². The molecule has 12 heteroatoms. The second-order valence-corrected chi connectivity index (χ2v) is 9.77. The molecule has 0 aliphatic heterocycles. The van der Waals surface area contributed by atoms with Gasteiger partial charge in [0.25, 0.3) is 0 Å². The topological polar surface area (TPSA) is 128 Å². The van der Waals surface area contributed by atoms with Crippen molar-refractivity contribution in [1.29, 1.82) is 0 Å². The quantitative estimate of drug-likeness (QED) is 0.280. The number of hydrogen-bond acceptors (Lipinski definition) is 8. The maximum Gasteiger partial charge on any atom is 0.354 e. The van der Waals surface area contributed by atoms with Gasteiger partial charge in [0.05, 0.1) is 13.0 Å². The average molecular weight is 554 g/mol. The highest BCUT2D eigenvalue weighted by atomic mass is 35.5. The van der Waals surface area contributed by atoms with Gasteiger partial charge in [0.1, 0.15) is 5.75 Å². The minimum Gasteiger partial charge on any atom is -0.481 e. The minimum atomic E-state index is -1.01. The van der Waals surface area contributed by atoms with Crippen molar-refractivity contribution in [3.05, 3.63) is 104 Å². The number of aromatic nitrogens is 4. The summed E-state index contributed by atoms with van der Waals surface area (Å²) in [5.74, 6) is 0.0311. The van der Waals surface area contributed by atoms with Crippen LogP contribution in [-0.2, 0) is 17.9 Å². The van der Waals surface area contributed by atoms with Crippen LogP contribution < -0.4 is 21.4 Å². The standard InChI is InChI=1S/C26H24ClN5O5S/c1-38-21(14-23(33)34)16-32-25(35)30-24(31(26(32)36)15-17-5-7-18(27)8-6-17)29-19-9-11-20(12-10-19)37-22-4-2-3-13-28-22/h2-13,21H,14-16H2,1H3,(H,33,34)(H,29,30,35)/t21-/m1/s1. The van der Waals surface area contributed by atoms with Crippen molar-refractivity contribution >= 4 is 41.0 Å². The molecular formula is C26H24ClN5O5S. The van der Waals surface area contributed by atoms with Crippen molar-refractivity contribution < 1.29 is 14.6 Å². The van der Waals surface area contributed by atoms with Crippen LogP contribution in [0.1, 0.15) is 12.0 Å². The molecule has 0 aliphatic rings. The Morgan fingerprint density at radius 3 is 2.45 bits per heavy atom. The molecule has 0 spiro atoms. The van der Waals surface area contributed by atoms with Gasteiger partial charge in [-0.25, -0.2) is 19.1 Å². The third kappa shape index (κ3) is 7.02. The van der Waals surface area contributed by atoms with Gasteiger partial charge < -0.3 is 15.2 Å². The molecule has 0 unspecified atom stereocenters. The normalized spacial score (nSPS) is 11.6. The van der Waals surface area contributed by atoms with E-state index < -0.39 is 22.6 Å². The Labute approximate surface area is 226 Å². The summed E-state index contributed by atoms with van der Waals surface area (Å²) in [7, 11) is 0. The van der Waals surface area contributed by atoms with Crippen LogP contribution in [0.15, 0.2) is 82.5 Å². The molecule has 0 bridgehead atoms. The summed E-state index contributed by atoms with van der Waals surface area (Å²) in [5, 5.41) is 12.3. The van der Waals surface area contributed by atoms with E-state index in [-0.39, 0.29) is 25.5 Å². The highest BCUT2D eigenvalue weighted by Gasteiger charge is 2.19. The largest absolute Gasteiger partial charge is 0.481 e. The SMILES string of the molecule is CS[C@H](CC(=O)O)Cn1c(=O)nc(Nc2ccc(Oc3ccccn3)cc2)n(Cc2ccc(Cl)cc2)c1=O. The highest BCUT2D eigenvalue weighted by Crippen LogP contribution is 2.23. The molecule has 0 saturated carbocycles. The molecule has 0 aliphatic carbocycles. The van der Waals surface area contributed by atoms with Crippen molar-refractivity contribution in [3.8, 4) is 11.6 Å². The number of nitrogens with one attached hydrogen (secondary N) is 1. The number of thioether (sulfide) groups is 1. The Hall–Kier alpha value is -4.09. The van der Waals surface area contributed by atoms with Crippen LogP contribution in [0.3, 0.4) is 0 Å². The number of pyridine rings is 1. The van der Waals surface area contributed by atoms with E-state index in [0.717, 1.165) is 10.1 Å². The predicted molar refractivity (Wildman–Crippen MR) is 147 cm³/mol. The number of carbonyl (C=O) groups is 1. The van der Waals surface area contributed by atoms with E-state index in [4.69, 9.17) is 16.3 Å². The molecule has 196 valence electrons. The lowest BCUT2D eigenvalue weighted by Crippen LogP contribution is -2.44. The second kappa shape index (κ2) is 12.4. The van der Waals surface area contributed by atoms with Crippen molar-refractivity contribution in [2.75, 3.05) is 11.6 Å². The summed E-state index contributed by atoms with van der Waals surface area (Å²) in [6.07, 6.45) is 3.16. The van der Waals surface area contributed by atoms with Crippen molar-refractivity contribution in [2.45, 2.75) is 24.8 Å². The third-order valence-electron chi connectivity index (χ3n) is 5.50. The summed E-state index contributed by atoms with van der Waals surface area (Å²) in [6.45, 7) is 0.0218. The number of benzene rings is 2. The van der Waals surface area contributed by atoms with Crippen LogP contribution >= 0.6 is 23.4 Å². The van der Waals surface area contributed by atoms with Gasteiger partial charge in [-0.05, 0) is 54.3 Å². The number of nitrogens with zero attached hydrogens (tertiary/aromatic N) is 4. The van der Waals surface area contributed by atoms with E-state index in [1.165, 1.54) is 16.3 Å². The van der Waals surface area contributed by atoms with Gasteiger partial charge in [-0.1, -0.05) is 29.8 Å². The summed E-state index contributed by atoms with van der Waals surface area (Å²) in [5.41, 5.74) is -0.0517. The molecule has 1 atom stereocenters. The number of carboxylic acids is 1. The average Bonchev–Trinajstić information content (AvgIpc) is 2.90. The first-order valence-electron chi connectivity index (χ1n) is 11.5. The third-order valence-corrected chi connectivity index (χ3v) is 6.73. The summed E-state index contributed by atoms with van der Waals surface area (Å²) in [4.78, 5) is 45.9. The molecule has 0 fully saturated rings. The van der Waals surface area contributed by atoms with Crippen molar-refractivity contribution in [3.63, 3.8) is 0 Å². The maximum absolute atomic E-state index is 13.5. The molecule has 2 N–H and O–H groups in total. The van der Waals surface area contributed by atoms with E-state index in [9.17, 15) is 19.5 Å². The smallest absolute Gasteiger partial charge is 0.354 e. The van der Waals surface area contributed by atoms with E-state index in [2.05, 4.69) is 15.3 Å². The lowest BCUT2D eigenvalue weighted by Gasteiger charge is -2.18. The fourth-order valence-electron chi connectivity index (χ4n) is 3.58. The van der Waals surface area contributed by atoms with Crippen LogP contribution in [0.2, 0.25) is 5.02 Å². The molecule has 0 radical (unpaired) electrons. The molecule has 2 aromatic heterocycles. The number of anilines is 2. The Balaban J connectivity index is 1.66. The van der Waals surface area contributed by atoms with E-state index >= 15 is 0 Å². The summed E-state index contributed by atoms with van der Waals surface area (Å²) in [6, 6.07) is 19.2. The van der Waals surface area contributed by atoms with Gasteiger partial charge in [-0.15, -0.1) is 0 Å². The predicted octanol–water partition coefficient (Wildman–Crippen LogP) is 4.24. The number of rotatable bonds is 11. The molecule has 0 saturated heterocycles. The summed E-state index contributed by atoms with van der Waals surface area (Å²) >= 11 is 7.27. The number of ether oxygens (including phenoxy) is 1. The number of aliphatic carboxylic acids is 1. The fourth-order valence-corrected chi connectivity index (χ4v) is 4.31. The molecular weight excluding hydrogens is 530 g/mol. The van der Waals surface area contributed by atoms with E-state index in [0.29, 0.717) is 22.3 Å². The molecule has 38 heavy (non-hydrogen) atoms. The van der Waals surface area contributed by atoms with Gasteiger partial charge in [0, 0.05) is 34.8 Å². The monoisotopic (exact) mass is 553 g/mol. The number of carboxylic acid groups (broad SMARTS) is 1. The molecule has 4 rings (SSSR count). The summed E-state index contributed by atoms with van der Waals surface area (Å²) < 4.78 is 8.01. The zero-order chi connectivity index (χ0) is 27.1. The number of hydrogen-bond donors (Lipinski definition) is 2. The molecule has 0 amide bonds. The zero-order valence-corrected chi connectivity index (χ0v) is 21.9. The van der Waals surface area contributed by atoms with Crippen LogP contribution in [0.4, 0.5) is 11.6 Å². The Kier molecular flexibility index (Phi) is 8.82. The van der Waals surface area contributed by atoms with Crippen LogP contribution in [0.5, 0.6) is 11.6 Å².